The fraction of sp³-hybridized carbons (Fsp3) is 0.314. The lowest BCUT2D eigenvalue weighted by Crippen LogP contribution is -2.24. The highest BCUT2D eigenvalue weighted by atomic mass is 14.5. The molecule has 0 unspecified atom stereocenters. The molecular formula is C35H34. The van der Waals surface area contributed by atoms with E-state index in [9.17, 15) is 0 Å². The van der Waals surface area contributed by atoms with Crippen LogP contribution in [-0.2, 0) is 16.2 Å². The van der Waals surface area contributed by atoms with E-state index >= 15 is 0 Å². The van der Waals surface area contributed by atoms with Crippen LogP contribution < -0.4 is 0 Å². The first-order valence-corrected chi connectivity index (χ1v) is 12.8. The molecule has 0 bridgehead atoms. The summed E-state index contributed by atoms with van der Waals surface area (Å²) in [6.45, 7) is 18.6. The lowest BCUT2D eigenvalue weighted by atomic mass is 9.68. The summed E-state index contributed by atoms with van der Waals surface area (Å²) >= 11 is 0. The third kappa shape index (κ3) is 3.01. The number of hydrogen-bond acceptors (Lipinski definition) is 0. The van der Waals surface area contributed by atoms with E-state index < -0.39 is 0 Å². The average Bonchev–Trinajstić information content (AvgIpc) is 3.03. The molecule has 4 aromatic carbocycles. The highest BCUT2D eigenvalue weighted by Crippen LogP contribution is 2.59. The largest absolute Gasteiger partial charge is 0.0617 e. The maximum Gasteiger partial charge on any atom is 0.0255 e. The van der Waals surface area contributed by atoms with Crippen molar-refractivity contribution in [2.75, 3.05) is 0 Å². The van der Waals surface area contributed by atoms with Crippen LogP contribution in [-0.4, -0.2) is 0 Å². The van der Waals surface area contributed by atoms with Crippen LogP contribution in [0, 0.1) is 18.8 Å². The Balaban J connectivity index is 1.57. The molecule has 35 heavy (non-hydrogen) atoms. The Bertz CT molecular complexity index is 1600. The molecule has 0 spiro atoms. The lowest BCUT2D eigenvalue weighted by Gasteiger charge is -2.35. The summed E-state index contributed by atoms with van der Waals surface area (Å²) in [4.78, 5) is 0. The first-order chi connectivity index (χ1) is 16.4. The van der Waals surface area contributed by atoms with E-state index in [0.717, 1.165) is 11.1 Å². The van der Waals surface area contributed by atoms with Gasteiger partial charge in [-0.2, -0.15) is 0 Å². The zero-order chi connectivity index (χ0) is 24.9. The van der Waals surface area contributed by atoms with Crippen molar-refractivity contribution in [3.8, 4) is 23.0 Å². The minimum Gasteiger partial charge on any atom is -0.0617 e. The number of aryl methyl sites for hydroxylation is 1. The van der Waals surface area contributed by atoms with Crippen LogP contribution in [0.5, 0.6) is 0 Å². The van der Waals surface area contributed by atoms with Crippen molar-refractivity contribution in [3.63, 3.8) is 0 Å². The minimum atomic E-state index is -0.0753. The molecule has 0 amide bonds. The van der Waals surface area contributed by atoms with Crippen LogP contribution in [0.25, 0.3) is 21.9 Å². The minimum absolute atomic E-state index is 0.0437. The van der Waals surface area contributed by atoms with E-state index in [4.69, 9.17) is 0 Å². The highest BCUT2D eigenvalue weighted by molar-refractivity contribution is 6.09. The standard InChI is InChI=1S/C35H34/c1-21-18-27-32-30-25(21)10-9-11-26(30)34(5,6)28-19-23(20-29(31(28)32)35(27,7)8)13-12-22-14-16-24(17-15-22)33(2,3)4/h9-11,14-20H,1-8H3. The predicted octanol–water partition coefficient (Wildman–Crippen LogP) is 8.79. The van der Waals surface area contributed by atoms with E-state index in [1.54, 1.807) is 0 Å². The van der Waals surface area contributed by atoms with Crippen molar-refractivity contribution >= 4 is 10.8 Å². The Kier molecular flexibility index (Phi) is 4.37. The third-order valence-electron chi connectivity index (χ3n) is 8.55. The molecule has 0 saturated carbocycles. The molecule has 0 N–H and O–H groups in total. The second-order valence-corrected chi connectivity index (χ2v) is 12.6. The summed E-state index contributed by atoms with van der Waals surface area (Å²) in [7, 11) is 0. The van der Waals surface area contributed by atoms with Crippen molar-refractivity contribution in [3.05, 3.63) is 105 Å². The zero-order valence-electron chi connectivity index (χ0n) is 22.3. The number of rotatable bonds is 0. The molecule has 0 nitrogen and oxygen atoms in total. The first kappa shape index (κ1) is 22.2. The maximum absolute atomic E-state index is 3.53. The smallest absolute Gasteiger partial charge is 0.0255 e. The number of hydrogen-bond donors (Lipinski definition) is 0. The van der Waals surface area contributed by atoms with Gasteiger partial charge in [-0.15, -0.1) is 0 Å². The van der Waals surface area contributed by atoms with Gasteiger partial charge in [-0.3, -0.25) is 0 Å². The van der Waals surface area contributed by atoms with Gasteiger partial charge in [0.1, 0.15) is 0 Å². The molecule has 6 rings (SSSR count). The summed E-state index contributed by atoms with van der Waals surface area (Å²) in [6.07, 6.45) is 0. The predicted molar refractivity (Wildman–Crippen MR) is 149 cm³/mol. The van der Waals surface area contributed by atoms with Gasteiger partial charge in [-0.1, -0.05) is 96.7 Å². The van der Waals surface area contributed by atoms with Gasteiger partial charge in [0.15, 0.2) is 0 Å². The Labute approximate surface area is 210 Å². The van der Waals surface area contributed by atoms with Crippen molar-refractivity contribution in [2.45, 2.75) is 71.6 Å². The van der Waals surface area contributed by atoms with Crippen molar-refractivity contribution in [1.29, 1.82) is 0 Å². The fourth-order valence-corrected chi connectivity index (χ4v) is 6.38. The molecule has 0 fully saturated rings. The number of benzene rings is 4. The lowest BCUT2D eigenvalue weighted by molar-refractivity contribution is 0.590. The summed E-state index contributed by atoms with van der Waals surface area (Å²) in [5.41, 5.74) is 13.6. The van der Waals surface area contributed by atoms with Crippen molar-refractivity contribution in [2.24, 2.45) is 0 Å². The maximum atomic E-state index is 3.53. The fourth-order valence-electron chi connectivity index (χ4n) is 6.38. The molecule has 0 heterocycles. The summed E-state index contributed by atoms with van der Waals surface area (Å²) < 4.78 is 0. The molecule has 2 aliphatic carbocycles. The Morgan fingerprint density at radius 1 is 0.629 bits per heavy atom. The summed E-state index contributed by atoms with van der Waals surface area (Å²) in [5, 5.41) is 2.86. The van der Waals surface area contributed by atoms with Crippen LogP contribution in [0.3, 0.4) is 0 Å². The van der Waals surface area contributed by atoms with E-state index in [1.165, 1.54) is 55.3 Å². The first-order valence-electron chi connectivity index (χ1n) is 12.8. The van der Waals surface area contributed by atoms with E-state index in [1.807, 2.05) is 0 Å². The topological polar surface area (TPSA) is 0 Å². The third-order valence-corrected chi connectivity index (χ3v) is 8.55. The summed E-state index contributed by atoms with van der Waals surface area (Å²) in [5.74, 6) is 6.98. The van der Waals surface area contributed by atoms with Gasteiger partial charge < -0.3 is 0 Å². The second-order valence-electron chi connectivity index (χ2n) is 12.6. The highest BCUT2D eigenvalue weighted by Gasteiger charge is 2.45. The van der Waals surface area contributed by atoms with Gasteiger partial charge in [-0.25, -0.2) is 0 Å². The van der Waals surface area contributed by atoms with Crippen molar-refractivity contribution in [1.82, 2.24) is 0 Å². The van der Waals surface area contributed by atoms with E-state index in [-0.39, 0.29) is 16.2 Å². The van der Waals surface area contributed by atoms with Crippen LogP contribution in [0.2, 0.25) is 0 Å². The molecule has 4 aromatic rings. The van der Waals surface area contributed by atoms with Crippen LogP contribution in [0.1, 0.15) is 93.0 Å². The molecule has 0 atom stereocenters. The molecule has 174 valence electrons. The van der Waals surface area contributed by atoms with Crippen LogP contribution in [0.4, 0.5) is 0 Å². The Morgan fingerprint density at radius 2 is 1.20 bits per heavy atom. The van der Waals surface area contributed by atoms with E-state index in [2.05, 4.69) is 128 Å². The van der Waals surface area contributed by atoms with Crippen LogP contribution >= 0.6 is 0 Å². The van der Waals surface area contributed by atoms with Gasteiger partial charge >= 0.3 is 0 Å². The van der Waals surface area contributed by atoms with Gasteiger partial charge in [-0.05, 0) is 91.9 Å². The molecule has 0 aliphatic heterocycles. The van der Waals surface area contributed by atoms with Gasteiger partial charge in [0, 0.05) is 22.0 Å². The van der Waals surface area contributed by atoms with Gasteiger partial charge in [0.25, 0.3) is 0 Å². The SMILES string of the molecule is Cc1cc2c3c4c(cccc14)C(C)(C)c1cc(C#Cc4ccc(C(C)(C)C)cc4)cc(c1-3)C2(C)C. The average molecular weight is 455 g/mol. The second kappa shape index (κ2) is 6.89. The molecule has 0 radical (unpaired) electrons. The Hall–Kier alpha value is -3.30. The quantitative estimate of drug-likeness (QED) is 0.233. The molecular weight excluding hydrogens is 420 g/mol. The van der Waals surface area contributed by atoms with E-state index in [0.29, 0.717) is 0 Å². The zero-order valence-corrected chi connectivity index (χ0v) is 22.3. The van der Waals surface area contributed by atoms with Gasteiger partial charge in [0.2, 0.25) is 0 Å². The molecule has 2 aliphatic rings. The molecule has 0 saturated heterocycles. The van der Waals surface area contributed by atoms with Crippen molar-refractivity contribution < 1.29 is 0 Å². The molecule has 0 heteroatoms. The Morgan fingerprint density at radius 3 is 1.83 bits per heavy atom. The monoisotopic (exact) mass is 454 g/mol. The molecule has 0 aromatic heterocycles. The summed E-state index contributed by atoms with van der Waals surface area (Å²) in [6, 6.07) is 22.8. The van der Waals surface area contributed by atoms with Gasteiger partial charge in [0.05, 0.1) is 0 Å². The normalized spacial score (nSPS) is 16.2. The van der Waals surface area contributed by atoms with Crippen LogP contribution in [0.15, 0.2) is 60.7 Å².